The lowest BCUT2D eigenvalue weighted by Crippen LogP contribution is -2.39. The van der Waals surface area contributed by atoms with E-state index in [0.29, 0.717) is 60.4 Å². The smallest absolute Gasteiger partial charge is 0.410 e. The molecule has 2 aliphatic rings. The van der Waals surface area contributed by atoms with Crippen molar-refractivity contribution in [1.29, 1.82) is 0 Å². The summed E-state index contributed by atoms with van der Waals surface area (Å²) in [6.45, 7) is 3.69. The Kier molecular flexibility index (Phi) is 8.83. The van der Waals surface area contributed by atoms with Gasteiger partial charge in [0.15, 0.2) is 0 Å². The number of nitrogens with zero attached hydrogens (tertiary/aromatic N) is 5. The predicted molar refractivity (Wildman–Crippen MR) is 185 cm³/mol. The summed E-state index contributed by atoms with van der Waals surface area (Å²) in [5.41, 5.74) is 5.71. The summed E-state index contributed by atoms with van der Waals surface area (Å²) in [6, 6.07) is 18.7. The van der Waals surface area contributed by atoms with Gasteiger partial charge < -0.3 is 23.8 Å². The Labute approximate surface area is 283 Å². The van der Waals surface area contributed by atoms with Crippen molar-refractivity contribution in [3.63, 3.8) is 0 Å². The average Bonchev–Trinajstić information content (AvgIpc) is 3.63. The third-order valence-corrected chi connectivity index (χ3v) is 9.82. The minimum absolute atomic E-state index is 0.0378. The zero-order valence-corrected chi connectivity index (χ0v) is 27.9. The summed E-state index contributed by atoms with van der Waals surface area (Å²) in [6.07, 6.45) is 3.40. The Morgan fingerprint density at radius 1 is 1.02 bits per heavy atom. The number of carbonyl (C=O) groups excluding carboxylic acids is 1. The highest BCUT2D eigenvalue weighted by atomic mass is 19.3. The number of piperidine rings is 1. The van der Waals surface area contributed by atoms with Gasteiger partial charge in [-0.15, -0.1) is 0 Å². The lowest BCUT2D eigenvalue weighted by atomic mass is 9.92. The molecular weight excluding hydrogens is 628 g/mol. The molecule has 2 aromatic heterocycles. The van der Waals surface area contributed by atoms with Crippen molar-refractivity contribution in [3.8, 4) is 16.9 Å². The molecule has 0 aliphatic carbocycles. The number of aromatic nitrogens is 3. The number of aryl methyl sites for hydroxylation is 3. The van der Waals surface area contributed by atoms with Crippen LogP contribution in [0.4, 0.5) is 25.0 Å². The van der Waals surface area contributed by atoms with Crippen LogP contribution in [0.3, 0.4) is 0 Å². The number of halogens is 2. The van der Waals surface area contributed by atoms with Crippen molar-refractivity contribution in [3.05, 3.63) is 106 Å². The van der Waals surface area contributed by atoms with Gasteiger partial charge in [0.25, 0.3) is 12.0 Å². The van der Waals surface area contributed by atoms with E-state index in [-0.39, 0.29) is 29.9 Å². The number of hydrogen-bond donors (Lipinski definition) is 0. The maximum Gasteiger partial charge on any atom is 0.410 e. The van der Waals surface area contributed by atoms with Crippen molar-refractivity contribution in [2.45, 2.75) is 51.7 Å². The molecule has 9 nitrogen and oxygen atoms in total. The minimum atomic E-state index is -2.71. The molecule has 2 aliphatic heterocycles. The SMILES string of the molecule is COc1cc(N2CCCc3cc(-c4cnn(C5CCN(C(=O)OCc6ccccc6)CC5)c4)c(C(F)F)cc32)c2cc(C)c(=O)n(C)c2c1. The number of amides is 1. The Hall–Kier alpha value is -5.19. The summed E-state index contributed by atoms with van der Waals surface area (Å²) in [5.74, 6) is 0.585. The van der Waals surface area contributed by atoms with Crippen molar-refractivity contribution in [2.24, 2.45) is 7.05 Å². The third-order valence-electron chi connectivity index (χ3n) is 9.82. The largest absolute Gasteiger partial charge is 0.497 e. The molecule has 0 unspecified atom stereocenters. The van der Waals surface area contributed by atoms with Crippen LogP contribution < -0.4 is 15.2 Å². The zero-order chi connectivity index (χ0) is 34.2. The van der Waals surface area contributed by atoms with Gasteiger partial charge in [0, 0.05) is 72.8 Å². The molecule has 0 atom stereocenters. The highest BCUT2D eigenvalue weighted by Gasteiger charge is 2.29. The molecule has 1 saturated heterocycles. The van der Waals surface area contributed by atoms with Gasteiger partial charge in [-0.25, -0.2) is 13.6 Å². The van der Waals surface area contributed by atoms with Crippen molar-refractivity contribution >= 4 is 28.4 Å². The van der Waals surface area contributed by atoms with Crippen LogP contribution in [-0.2, 0) is 24.8 Å². The first-order valence-corrected chi connectivity index (χ1v) is 16.6. The first-order chi connectivity index (χ1) is 23.7. The van der Waals surface area contributed by atoms with Crippen LogP contribution in [0, 0.1) is 6.92 Å². The van der Waals surface area contributed by atoms with E-state index in [1.54, 1.807) is 42.8 Å². The Morgan fingerprint density at radius 2 is 1.80 bits per heavy atom. The number of ether oxygens (including phenoxy) is 2. The molecule has 0 radical (unpaired) electrons. The summed E-state index contributed by atoms with van der Waals surface area (Å²) in [5, 5.41) is 5.45. The Balaban J connectivity index is 1.14. The van der Waals surface area contributed by atoms with Gasteiger partial charge in [0.2, 0.25) is 0 Å². The maximum absolute atomic E-state index is 14.8. The van der Waals surface area contributed by atoms with E-state index in [4.69, 9.17) is 9.47 Å². The minimum Gasteiger partial charge on any atom is -0.497 e. The van der Waals surface area contributed by atoms with Gasteiger partial charge in [-0.05, 0) is 67.5 Å². The molecule has 0 N–H and O–H groups in total. The highest BCUT2D eigenvalue weighted by molar-refractivity contribution is 5.97. The number of methoxy groups -OCH3 is 1. The molecule has 4 heterocycles. The lowest BCUT2D eigenvalue weighted by Gasteiger charge is -2.34. The molecule has 49 heavy (non-hydrogen) atoms. The third kappa shape index (κ3) is 6.25. The second-order valence-electron chi connectivity index (χ2n) is 12.9. The molecule has 0 bridgehead atoms. The van der Waals surface area contributed by atoms with Crippen LogP contribution in [0.5, 0.6) is 5.75 Å². The topological polar surface area (TPSA) is 81.8 Å². The quantitative estimate of drug-likeness (QED) is 0.177. The van der Waals surface area contributed by atoms with Gasteiger partial charge >= 0.3 is 6.09 Å². The van der Waals surface area contributed by atoms with Crippen LogP contribution in [0.25, 0.3) is 22.0 Å². The summed E-state index contributed by atoms with van der Waals surface area (Å²) in [7, 11) is 3.31. The molecule has 1 fully saturated rings. The second kappa shape index (κ2) is 13.4. The Bertz CT molecular complexity index is 2070. The number of likely N-dealkylation sites (tertiary alicyclic amines) is 1. The van der Waals surface area contributed by atoms with Crippen molar-refractivity contribution in [2.75, 3.05) is 31.6 Å². The monoisotopic (exact) mass is 667 g/mol. The number of carbonyl (C=O) groups is 1. The van der Waals surface area contributed by atoms with Crippen LogP contribution in [-0.4, -0.2) is 52.1 Å². The summed E-state index contributed by atoms with van der Waals surface area (Å²) in [4.78, 5) is 29.2. The summed E-state index contributed by atoms with van der Waals surface area (Å²) < 4.78 is 44.2. The number of hydrogen-bond acceptors (Lipinski definition) is 6. The van der Waals surface area contributed by atoms with Gasteiger partial charge in [0.05, 0.1) is 30.6 Å². The predicted octanol–water partition coefficient (Wildman–Crippen LogP) is 7.71. The van der Waals surface area contributed by atoms with E-state index in [0.717, 1.165) is 40.7 Å². The van der Waals surface area contributed by atoms with E-state index in [1.807, 2.05) is 65.5 Å². The Morgan fingerprint density at radius 3 is 2.53 bits per heavy atom. The highest BCUT2D eigenvalue weighted by Crippen LogP contribution is 2.44. The summed E-state index contributed by atoms with van der Waals surface area (Å²) >= 11 is 0. The van der Waals surface area contributed by atoms with Crippen molar-refractivity contribution < 1.29 is 23.0 Å². The number of alkyl halides is 2. The number of pyridine rings is 1. The molecule has 0 saturated carbocycles. The van der Waals surface area contributed by atoms with Crippen molar-refractivity contribution in [1.82, 2.24) is 19.2 Å². The fourth-order valence-electron chi connectivity index (χ4n) is 7.15. The molecular formula is C38H39F2N5O4. The lowest BCUT2D eigenvalue weighted by molar-refractivity contribution is 0.0821. The van der Waals surface area contributed by atoms with Crippen LogP contribution in [0.2, 0.25) is 0 Å². The average molecular weight is 668 g/mol. The standard InChI is InChI=1S/C38H39F2N5O4/c1-24-16-32-34(42(2)37(24)46)18-29(48-3)19-35(32)44-13-7-10-26-17-30(31(36(39)40)20-33(26)44)27-21-41-45(22-27)28-11-14-43(15-12-28)38(47)49-23-25-8-5-4-6-9-25/h4-6,8-9,16-22,28,36H,7,10-15,23H2,1-3H3. The number of benzene rings is 3. The molecule has 0 spiro atoms. The van der Waals surface area contributed by atoms with Gasteiger partial charge in [0.1, 0.15) is 12.4 Å². The van der Waals surface area contributed by atoms with Crippen LogP contribution in [0.1, 0.15) is 54.0 Å². The zero-order valence-electron chi connectivity index (χ0n) is 27.9. The first kappa shape index (κ1) is 32.4. The van der Waals surface area contributed by atoms with E-state index >= 15 is 0 Å². The van der Waals surface area contributed by atoms with E-state index in [2.05, 4.69) is 10.00 Å². The normalized spacial score (nSPS) is 15.1. The number of fused-ring (bicyclic) bond motifs is 2. The van der Waals surface area contributed by atoms with E-state index in [1.165, 1.54) is 0 Å². The molecule has 254 valence electrons. The molecule has 3 aromatic carbocycles. The molecule has 7 rings (SSSR count). The van der Waals surface area contributed by atoms with E-state index in [9.17, 15) is 18.4 Å². The number of rotatable bonds is 7. The van der Waals surface area contributed by atoms with Crippen LogP contribution in [0.15, 0.2) is 77.9 Å². The van der Waals surface area contributed by atoms with E-state index < -0.39 is 6.43 Å². The molecule has 1 amide bonds. The molecule has 5 aromatic rings. The first-order valence-electron chi connectivity index (χ1n) is 16.6. The second-order valence-corrected chi connectivity index (χ2v) is 12.9. The van der Waals surface area contributed by atoms with Crippen LogP contribution >= 0.6 is 0 Å². The fourth-order valence-corrected chi connectivity index (χ4v) is 7.15. The maximum atomic E-state index is 14.8. The van der Waals surface area contributed by atoms with Gasteiger partial charge in [-0.3, -0.25) is 9.48 Å². The van der Waals surface area contributed by atoms with Gasteiger partial charge in [-0.1, -0.05) is 30.3 Å². The fraction of sp³-hybridized carbons (Fsp3) is 0.342. The van der Waals surface area contributed by atoms with Gasteiger partial charge in [-0.2, -0.15) is 5.10 Å². The number of anilines is 2. The molecule has 11 heteroatoms.